The maximum absolute atomic E-state index is 13.2. The van der Waals surface area contributed by atoms with Crippen molar-refractivity contribution in [1.82, 2.24) is 10.6 Å². The number of urea groups is 1. The van der Waals surface area contributed by atoms with Crippen LogP contribution >= 0.6 is 11.6 Å². The van der Waals surface area contributed by atoms with Crippen molar-refractivity contribution in [3.8, 4) is 11.5 Å². The number of nitrogens with one attached hydrogen (secondary N) is 3. The van der Waals surface area contributed by atoms with Crippen LogP contribution in [0.1, 0.15) is 24.1 Å². The maximum atomic E-state index is 13.2. The van der Waals surface area contributed by atoms with Crippen LogP contribution in [0.15, 0.2) is 47.7 Å². The Balaban J connectivity index is 2.05. The second-order valence-electron chi connectivity index (χ2n) is 6.59. The molecule has 0 aromatic heterocycles. The highest BCUT2D eigenvalue weighted by Crippen LogP contribution is 2.36. The molecule has 2 aromatic carbocycles. The van der Waals surface area contributed by atoms with E-state index in [1.165, 1.54) is 7.11 Å². The van der Waals surface area contributed by atoms with Crippen LogP contribution in [-0.2, 0) is 4.79 Å². The molecule has 0 saturated carbocycles. The molecular weight excluding hydrogens is 394 g/mol. The summed E-state index contributed by atoms with van der Waals surface area (Å²) in [5.41, 5.74) is 2.87. The van der Waals surface area contributed by atoms with Gasteiger partial charge in [0.2, 0.25) is 0 Å². The van der Waals surface area contributed by atoms with Crippen LogP contribution in [0.4, 0.5) is 10.5 Å². The number of carbonyl (C=O) groups excluding carboxylic acids is 2. The molecule has 8 heteroatoms. The number of benzene rings is 2. The van der Waals surface area contributed by atoms with E-state index in [1.54, 1.807) is 44.4 Å². The van der Waals surface area contributed by atoms with Gasteiger partial charge in [-0.1, -0.05) is 17.7 Å². The first kappa shape index (κ1) is 20.5. The predicted molar refractivity (Wildman–Crippen MR) is 111 cm³/mol. The van der Waals surface area contributed by atoms with Crippen molar-refractivity contribution in [1.29, 1.82) is 0 Å². The van der Waals surface area contributed by atoms with E-state index in [0.29, 0.717) is 39.0 Å². The maximum Gasteiger partial charge on any atom is 0.319 e. The van der Waals surface area contributed by atoms with E-state index in [9.17, 15) is 9.59 Å². The molecule has 0 radical (unpaired) electrons. The van der Waals surface area contributed by atoms with Crippen LogP contribution < -0.4 is 25.4 Å². The van der Waals surface area contributed by atoms with Crippen molar-refractivity contribution in [2.45, 2.75) is 19.9 Å². The van der Waals surface area contributed by atoms with Crippen LogP contribution in [0.25, 0.3) is 0 Å². The van der Waals surface area contributed by atoms with Crippen LogP contribution in [0.5, 0.6) is 11.5 Å². The minimum atomic E-state index is -0.728. The summed E-state index contributed by atoms with van der Waals surface area (Å²) in [4.78, 5) is 25.4. The van der Waals surface area contributed by atoms with Gasteiger partial charge in [-0.15, -0.1) is 0 Å². The first-order valence-electron chi connectivity index (χ1n) is 8.91. The fourth-order valence-electron chi connectivity index (χ4n) is 3.21. The lowest BCUT2D eigenvalue weighted by atomic mass is 9.93. The zero-order valence-electron chi connectivity index (χ0n) is 16.6. The van der Waals surface area contributed by atoms with E-state index in [4.69, 9.17) is 21.1 Å². The number of methoxy groups -OCH3 is 2. The van der Waals surface area contributed by atoms with Gasteiger partial charge in [-0.2, -0.15) is 0 Å². The number of allylic oxidation sites excluding steroid dienone is 1. The summed E-state index contributed by atoms with van der Waals surface area (Å²) in [6.45, 7) is 3.55. The zero-order valence-corrected chi connectivity index (χ0v) is 17.3. The van der Waals surface area contributed by atoms with Crippen LogP contribution in [-0.4, -0.2) is 26.2 Å². The summed E-state index contributed by atoms with van der Waals surface area (Å²) in [6, 6.07) is 9.33. The zero-order chi connectivity index (χ0) is 21.1. The van der Waals surface area contributed by atoms with Crippen molar-refractivity contribution in [2.75, 3.05) is 19.5 Å². The van der Waals surface area contributed by atoms with Gasteiger partial charge in [0.15, 0.2) is 0 Å². The van der Waals surface area contributed by atoms with E-state index >= 15 is 0 Å². The van der Waals surface area contributed by atoms with Crippen LogP contribution in [0.3, 0.4) is 0 Å². The SMILES string of the molecule is COc1ccc(OC)c(C2NC(=O)NC(C)=C2C(=O)Nc2cc(Cl)ccc2C)c1. The number of rotatable bonds is 5. The first-order chi connectivity index (χ1) is 13.8. The average molecular weight is 416 g/mol. The Morgan fingerprint density at radius 3 is 2.55 bits per heavy atom. The van der Waals surface area contributed by atoms with E-state index in [2.05, 4.69) is 16.0 Å². The summed E-state index contributed by atoms with van der Waals surface area (Å²) in [5, 5.41) is 8.86. The van der Waals surface area contributed by atoms with E-state index in [0.717, 1.165) is 5.56 Å². The number of hydrogen-bond acceptors (Lipinski definition) is 4. The third kappa shape index (κ3) is 4.30. The highest BCUT2D eigenvalue weighted by molar-refractivity contribution is 6.31. The Morgan fingerprint density at radius 2 is 1.86 bits per heavy atom. The van der Waals surface area contributed by atoms with Gasteiger partial charge in [0.05, 0.1) is 25.8 Å². The monoisotopic (exact) mass is 415 g/mol. The van der Waals surface area contributed by atoms with Crippen LogP contribution in [0, 0.1) is 6.92 Å². The summed E-state index contributed by atoms with van der Waals surface area (Å²) in [6.07, 6.45) is 0. The molecule has 3 amide bonds. The van der Waals surface area contributed by atoms with Gasteiger partial charge in [0.25, 0.3) is 5.91 Å². The first-order valence-corrected chi connectivity index (χ1v) is 9.29. The highest BCUT2D eigenvalue weighted by atomic mass is 35.5. The summed E-state index contributed by atoms with van der Waals surface area (Å²) < 4.78 is 10.8. The van der Waals surface area contributed by atoms with Crippen molar-refractivity contribution >= 4 is 29.2 Å². The molecule has 1 atom stereocenters. The van der Waals surface area contributed by atoms with Crippen molar-refractivity contribution in [3.05, 3.63) is 63.8 Å². The van der Waals surface area contributed by atoms with Crippen molar-refractivity contribution < 1.29 is 19.1 Å². The van der Waals surface area contributed by atoms with Crippen LogP contribution in [0.2, 0.25) is 5.02 Å². The van der Waals surface area contributed by atoms with Gasteiger partial charge in [-0.3, -0.25) is 4.79 Å². The molecule has 0 bridgehead atoms. The molecular formula is C21H22ClN3O4. The number of amides is 3. The molecule has 0 fully saturated rings. The molecule has 1 heterocycles. The summed E-state index contributed by atoms with van der Waals surface area (Å²) in [7, 11) is 3.07. The van der Waals surface area contributed by atoms with Crippen molar-refractivity contribution in [2.24, 2.45) is 0 Å². The third-order valence-corrected chi connectivity index (χ3v) is 4.94. The largest absolute Gasteiger partial charge is 0.497 e. The number of ether oxygens (including phenoxy) is 2. The van der Waals surface area contributed by atoms with Gasteiger partial charge in [0, 0.05) is 22.0 Å². The smallest absolute Gasteiger partial charge is 0.319 e. The second-order valence-corrected chi connectivity index (χ2v) is 7.03. The fourth-order valence-corrected chi connectivity index (χ4v) is 3.38. The summed E-state index contributed by atoms with van der Waals surface area (Å²) in [5.74, 6) is 0.738. The topological polar surface area (TPSA) is 88.7 Å². The molecule has 7 nitrogen and oxygen atoms in total. The average Bonchev–Trinajstić information content (AvgIpc) is 2.69. The normalized spacial score (nSPS) is 16.0. The lowest BCUT2D eigenvalue weighted by Crippen LogP contribution is -2.46. The van der Waals surface area contributed by atoms with Gasteiger partial charge >= 0.3 is 6.03 Å². The van der Waals surface area contributed by atoms with Crippen molar-refractivity contribution in [3.63, 3.8) is 0 Å². The molecule has 2 aromatic rings. The lowest BCUT2D eigenvalue weighted by Gasteiger charge is -2.30. The van der Waals surface area contributed by atoms with Gasteiger partial charge in [-0.25, -0.2) is 4.79 Å². The lowest BCUT2D eigenvalue weighted by molar-refractivity contribution is -0.113. The quantitative estimate of drug-likeness (QED) is 0.690. The Bertz CT molecular complexity index is 1000. The molecule has 152 valence electrons. The molecule has 0 spiro atoms. The minimum Gasteiger partial charge on any atom is -0.497 e. The Morgan fingerprint density at radius 1 is 1.10 bits per heavy atom. The van der Waals surface area contributed by atoms with E-state index in [1.807, 2.05) is 13.0 Å². The van der Waals surface area contributed by atoms with E-state index in [-0.39, 0.29) is 5.91 Å². The number of carbonyl (C=O) groups is 2. The van der Waals surface area contributed by atoms with Gasteiger partial charge in [-0.05, 0) is 49.7 Å². The Hall–Kier alpha value is -3.19. The molecule has 1 unspecified atom stereocenters. The molecule has 1 aliphatic heterocycles. The number of aryl methyl sites for hydroxylation is 1. The second kappa shape index (κ2) is 8.45. The molecule has 3 N–H and O–H groups in total. The molecule has 29 heavy (non-hydrogen) atoms. The molecule has 0 saturated heterocycles. The number of halogens is 1. The molecule has 3 rings (SSSR count). The highest BCUT2D eigenvalue weighted by Gasteiger charge is 2.33. The standard InChI is InChI=1S/C21H22ClN3O4/c1-11-5-6-13(22)9-16(11)24-20(26)18-12(2)23-21(27)25-19(18)15-10-14(28-3)7-8-17(15)29-4/h5-10,19H,1-4H3,(H,24,26)(H2,23,25,27). The Kier molecular flexibility index (Phi) is 5.98. The third-order valence-electron chi connectivity index (χ3n) is 4.71. The van der Waals surface area contributed by atoms with Gasteiger partial charge in [0.1, 0.15) is 11.5 Å². The predicted octanol–water partition coefficient (Wildman–Crippen LogP) is 3.93. The summed E-state index contributed by atoms with van der Waals surface area (Å²) >= 11 is 6.07. The molecule has 0 aliphatic carbocycles. The Labute approximate surface area is 174 Å². The number of hydrogen-bond donors (Lipinski definition) is 3. The fraction of sp³-hybridized carbons (Fsp3) is 0.238. The number of anilines is 1. The minimum absolute atomic E-state index is 0.357. The van der Waals surface area contributed by atoms with Gasteiger partial charge < -0.3 is 25.4 Å². The van der Waals surface area contributed by atoms with E-state index < -0.39 is 12.1 Å². The molecule has 1 aliphatic rings.